The van der Waals surface area contributed by atoms with Gasteiger partial charge in [-0.1, -0.05) is 41.4 Å². The fourth-order valence-corrected chi connectivity index (χ4v) is 2.96. The van der Waals surface area contributed by atoms with Gasteiger partial charge in [0, 0.05) is 16.5 Å². The summed E-state index contributed by atoms with van der Waals surface area (Å²) in [5, 5.41) is 3.63. The van der Waals surface area contributed by atoms with E-state index in [0.717, 1.165) is 21.8 Å². The van der Waals surface area contributed by atoms with Gasteiger partial charge in [0.15, 0.2) is 0 Å². The summed E-state index contributed by atoms with van der Waals surface area (Å²) in [4.78, 5) is 4.68. The van der Waals surface area contributed by atoms with E-state index >= 15 is 0 Å². The van der Waals surface area contributed by atoms with Gasteiger partial charge in [-0.15, -0.1) is 11.3 Å². The van der Waals surface area contributed by atoms with Crippen molar-refractivity contribution in [1.82, 2.24) is 4.98 Å². The number of halogens is 1. The average molecular weight is 301 g/mol. The molecular weight excluding hydrogens is 288 g/mol. The van der Waals surface area contributed by atoms with E-state index in [2.05, 4.69) is 30.1 Å². The molecule has 0 fully saturated rings. The maximum atomic E-state index is 5.94. The van der Waals surface area contributed by atoms with Crippen LogP contribution in [0.25, 0.3) is 21.8 Å². The highest BCUT2D eigenvalue weighted by Crippen LogP contribution is 2.31. The Bertz CT molecular complexity index is 765. The van der Waals surface area contributed by atoms with Crippen molar-refractivity contribution in [3.05, 3.63) is 58.4 Å². The first-order valence-electron chi connectivity index (χ1n) is 6.21. The molecule has 1 heterocycles. The van der Waals surface area contributed by atoms with E-state index < -0.39 is 0 Å². The van der Waals surface area contributed by atoms with Crippen LogP contribution in [-0.4, -0.2) is 4.98 Å². The second-order valence-corrected chi connectivity index (χ2v) is 5.91. The van der Waals surface area contributed by atoms with Crippen molar-refractivity contribution in [2.24, 2.45) is 0 Å². The highest BCUT2D eigenvalue weighted by molar-refractivity contribution is 7.13. The third-order valence-electron chi connectivity index (χ3n) is 3.06. The minimum Gasteiger partial charge on any atom is -0.398 e. The van der Waals surface area contributed by atoms with Crippen LogP contribution in [0.3, 0.4) is 0 Å². The predicted octanol–water partition coefficient (Wildman–Crippen LogP) is 5.02. The van der Waals surface area contributed by atoms with Gasteiger partial charge in [-0.2, -0.15) is 0 Å². The monoisotopic (exact) mass is 300 g/mol. The van der Waals surface area contributed by atoms with Crippen LogP contribution in [0.4, 0.5) is 5.69 Å². The Kier molecular flexibility index (Phi) is 3.47. The van der Waals surface area contributed by atoms with E-state index in [1.807, 2.05) is 23.6 Å². The summed E-state index contributed by atoms with van der Waals surface area (Å²) in [6.07, 6.45) is 0. The summed E-state index contributed by atoms with van der Waals surface area (Å²) >= 11 is 7.58. The quantitative estimate of drug-likeness (QED) is 0.675. The first kappa shape index (κ1) is 13.2. The number of nitrogens with two attached hydrogens (primary N) is 1. The van der Waals surface area contributed by atoms with Crippen molar-refractivity contribution in [3.8, 4) is 21.8 Å². The van der Waals surface area contributed by atoms with E-state index in [9.17, 15) is 0 Å². The Morgan fingerprint density at radius 2 is 1.95 bits per heavy atom. The summed E-state index contributed by atoms with van der Waals surface area (Å²) in [7, 11) is 0. The predicted molar refractivity (Wildman–Crippen MR) is 87.1 cm³/mol. The van der Waals surface area contributed by atoms with Gasteiger partial charge in [0.2, 0.25) is 0 Å². The van der Waals surface area contributed by atoms with Crippen molar-refractivity contribution in [3.63, 3.8) is 0 Å². The molecule has 0 amide bonds. The van der Waals surface area contributed by atoms with Crippen LogP contribution in [0.2, 0.25) is 5.02 Å². The van der Waals surface area contributed by atoms with Crippen LogP contribution >= 0.6 is 22.9 Å². The first-order chi connectivity index (χ1) is 9.63. The smallest absolute Gasteiger partial charge is 0.124 e. The molecule has 0 saturated carbocycles. The van der Waals surface area contributed by atoms with Crippen LogP contribution in [0.5, 0.6) is 0 Å². The molecule has 0 aliphatic carbocycles. The Labute approximate surface area is 126 Å². The number of anilines is 1. The number of hydrogen-bond donors (Lipinski definition) is 1. The normalized spacial score (nSPS) is 10.7. The van der Waals surface area contributed by atoms with E-state index in [4.69, 9.17) is 17.3 Å². The molecule has 0 aliphatic rings. The molecule has 0 saturated heterocycles. The SMILES string of the molecule is Cc1cccc(-c2nc(-c3ccc(Cl)c(N)c3)cs2)c1. The van der Waals surface area contributed by atoms with Crippen LogP contribution in [-0.2, 0) is 0 Å². The zero-order valence-electron chi connectivity index (χ0n) is 10.9. The number of rotatable bonds is 2. The Hall–Kier alpha value is -1.84. The number of hydrogen-bond acceptors (Lipinski definition) is 3. The van der Waals surface area contributed by atoms with E-state index in [0.29, 0.717) is 10.7 Å². The van der Waals surface area contributed by atoms with Gasteiger partial charge in [0.1, 0.15) is 5.01 Å². The van der Waals surface area contributed by atoms with Crippen molar-refractivity contribution in [2.45, 2.75) is 6.92 Å². The van der Waals surface area contributed by atoms with Gasteiger partial charge < -0.3 is 5.73 Å². The van der Waals surface area contributed by atoms with Gasteiger partial charge in [-0.3, -0.25) is 0 Å². The highest BCUT2D eigenvalue weighted by Gasteiger charge is 2.08. The molecule has 3 rings (SSSR count). The lowest BCUT2D eigenvalue weighted by Gasteiger charge is -2.01. The van der Waals surface area contributed by atoms with Crippen molar-refractivity contribution >= 4 is 28.6 Å². The summed E-state index contributed by atoms with van der Waals surface area (Å²) in [6.45, 7) is 2.08. The molecule has 0 aliphatic heterocycles. The number of thiazole rings is 1. The number of aryl methyl sites for hydroxylation is 1. The van der Waals surface area contributed by atoms with Gasteiger partial charge in [-0.05, 0) is 25.1 Å². The van der Waals surface area contributed by atoms with Crippen molar-refractivity contribution < 1.29 is 0 Å². The van der Waals surface area contributed by atoms with Gasteiger partial charge in [0.25, 0.3) is 0 Å². The van der Waals surface area contributed by atoms with E-state index in [1.54, 1.807) is 17.4 Å². The lowest BCUT2D eigenvalue weighted by molar-refractivity contribution is 1.39. The van der Waals surface area contributed by atoms with Crippen LogP contribution in [0.1, 0.15) is 5.56 Å². The van der Waals surface area contributed by atoms with Gasteiger partial charge >= 0.3 is 0 Å². The molecule has 4 heteroatoms. The molecule has 2 N–H and O–H groups in total. The van der Waals surface area contributed by atoms with Crippen molar-refractivity contribution in [1.29, 1.82) is 0 Å². The molecule has 0 spiro atoms. The summed E-state index contributed by atoms with van der Waals surface area (Å²) in [5.41, 5.74) is 10.7. The number of nitrogen functional groups attached to an aromatic ring is 1. The average Bonchev–Trinajstić information content (AvgIpc) is 2.92. The van der Waals surface area contributed by atoms with Crippen LogP contribution < -0.4 is 5.73 Å². The second-order valence-electron chi connectivity index (χ2n) is 4.64. The molecule has 20 heavy (non-hydrogen) atoms. The molecule has 0 unspecified atom stereocenters. The summed E-state index contributed by atoms with van der Waals surface area (Å²) < 4.78 is 0. The largest absolute Gasteiger partial charge is 0.398 e. The van der Waals surface area contributed by atoms with Crippen LogP contribution in [0, 0.1) is 6.92 Å². The summed E-state index contributed by atoms with van der Waals surface area (Å²) in [5.74, 6) is 0. The Morgan fingerprint density at radius 1 is 1.10 bits per heavy atom. The highest BCUT2D eigenvalue weighted by atomic mass is 35.5. The number of aromatic nitrogens is 1. The van der Waals surface area contributed by atoms with E-state index in [1.165, 1.54) is 5.56 Å². The molecule has 100 valence electrons. The second kappa shape index (κ2) is 5.27. The lowest BCUT2D eigenvalue weighted by atomic mass is 10.1. The first-order valence-corrected chi connectivity index (χ1v) is 7.47. The number of benzene rings is 2. The third-order valence-corrected chi connectivity index (χ3v) is 4.30. The summed E-state index contributed by atoms with van der Waals surface area (Å²) in [6, 6.07) is 13.9. The number of nitrogens with zero attached hydrogens (tertiary/aromatic N) is 1. The molecule has 2 aromatic carbocycles. The molecular formula is C16H13ClN2S. The zero-order valence-corrected chi connectivity index (χ0v) is 12.5. The maximum absolute atomic E-state index is 5.94. The molecule has 1 aromatic heterocycles. The standard InChI is InChI=1S/C16H13ClN2S/c1-10-3-2-4-12(7-10)16-19-15(9-20-16)11-5-6-13(17)14(18)8-11/h2-9H,18H2,1H3. The zero-order chi connectivity index (χ0) is 14.1. The van der Waals surface area contributed by atoms with Gasteiger partial charge in [0.05, 0.1) is 16.4 Å². The molecule has 0 bridgehead atoms. The topological polar surface area (TPSA) is 38.9 Å². The fraction of sp³-hybridized carbons (Fsp3) is 0.0625. The Balaban J connectivity index is 1.99. The minimum absolute atomic E-state index is 0.572. The Morgan fingerprint density at radius 3 is 2.70 bits per heavy atom. The van der Waals surface area contributed by atoms with Crippen molar-refractivity contribution in [2.75, 3.05) is 5.73 Å². The van der Waals surface area contributed by atoms with E-state index in [-0.39, 0.29) is 0 Å². The molecule has 2 nitrogen and oxygen atoms in total. The third kappa shape index (κ3) is 2.55. The molecule has 0 radical (unpaired) electrons. The molecule has 3 aromatic rings. The molecule has 0 atom stereocenters. The minimum atomic E-state index is 0.572. The van der Waals surface area contributed by atoms with Gasteiger partial charge in [-0.25, -0.2) is 4.98 Å². The fourth-order valence-electron chi connectivity index (χ4n) is 2.02. The van der Waals surface area contributed by atoms with Crippen LogP contribution in [0.15, 0.2) is 47.8 Å². The maximum Gasteiger partial charge on any atom is 0.124 e. The lowest BCUT2D eigenvalue weighted by Crippen LogP contribution is -1.87.